The highest BCUT2D eigenvalue weighted by atomic mass is 16.5. The third kappa shape index (κ3) is 2.73. The van der Waals surface area contributed by atoms with Crippen molar-refractivity contribution in [2.45, 2.75) is 13.0 Å². The molecule has 134 valence electrons. The van der Waals surface area contributed by atoms with Crippen LogP contribution in [0.5, 0.6) is 5.75 Å². The van der Waals surface area contributed by atoms with Gasteiger partial charge in [0.25, 0.3) is 5.91 Å². The number of benzene rings is 2. The summed E-state index contributed by atoms with van der Waals surface area (Å²) in [5.74, 6) is 1.10. The molecule has 4 aromatic rings. The van der Waals surface area contributed by atoms with E-state index >= 15 is 0 Å². The van der Waals surface area contributed by atoms with Gasteiger partial charge in [-0.25, -0.2) is 0 Å². The summed E-state index contributed by atoms with van der Waals surface area (Å²) in [6.07, 6.45) is 2.30. The van der Waals surface area contributed by atoms with Gasteiger partial charge in [-0.2, -0.15) is 14.6 Å². The normalized spacial score (nSPS) is 12.7. The van der Waals surface area contributed by atoms with E-state index in [0.29, 0.717) is 18.8 Å². The van der Waals surface area contributed by atoms with E-state index in [1.54, 1.807) is 0 Å². The van der Waals surface area contributed by atoms with E-state index in [1.165, 1.54) is 16.4 Å². The highest BCUT2D eigenvalue weighted by Gasteiger charge is 2.23. The van der Waals surface area contributed by atoms with Crippen LogP contribution in [-0.2, 0) is 13.0 Å². The molecule has 0 radical (unpaired) electrons. The first kappa shape index (κ1) is 15.6. The van der Waals surface area contributed by atoms with Crippen molar-refractivity contribution in [2.75, 3.05) is 6.61 Å². The zero-order chi connectivity index (χ0) is 18.2. The average Bonchev–Trinajstić information content (AvgIpc) is 3.41. The highest BCUT2D eigenvalue weighted by molar-refractivity contribution is 5.97. The smallest absolute Gasteiger partial charge is 0.325 e. The number of carbonyl (C=O) groups is 1. The standard InChI is InChI=1S/C20H16N4O3/c25-19(21-11-13-6-7-16-15(10-13)8-9-26-16)18-17(14-4-2-1-3-5-14)24-20(27-18)22-12-23-24/h1-7,10,12H,8-9,11H2,(H,21,25). The zero-order valence-corrected chi connectivity index (χ0v) is 14.4. The third-order valence-electron chi connectivity index (χ3n) is 4.60. The Bertz CT molecular complexity index is 1130. The Hall–Kier alpha value is -3.61. The minimum atomic E-state index is -0.307. The molecule has 5 rings (SSSR count). The van der Waals surface area contributed by atoms with Gasteiger partial charge < -0.3 is 14.5 Å². The van der Waals surface area contributed by atoms with Crippen molar-refractivity contribution in [3.8, 4) is 17.0 Å². The molecule has 3 heterocycles. The number of rotatable bonds is 4. The van der Waals surface area contributed by atoms with Gasteiger partial charge in [0.1, 0.15) is 17.8 Å². The molecule has 0 aliphatic carbocycles. The lowest BCUT2D eigenvalue weighted by atomic mass is 10.1. The molecule has 1 aliphatic rings. The van der Waals surface area contributed by atoms with Gasteiger partial charge >= 0.3 is 5.84 Å². The number of amides is 1. The Morgan fingerprint density at radius 1 is 1.19 bits per heavy atom. The third-order valence-corrected chi connectivity index (χ3v) is 4.60. The Kier molecular flexibility index (Phi) is 3.64. The van der Waals surface area contributed by atoms with Gasteiger partial charge in [0.05, 0.1) is 6.61 Å². The number of aromatic nitrogens is 3. The molecule has 2 aromatic carbocycles. The van der Waals surface area contributed by atoms with Gasteiger partial charge in [-0.1, -0.05) is 42.5 Å². The van der Waals surface area contributed by atoms with E-state index in [-0.39, 0.29) is 17.5 Å². The van der Waals surface area contributed by atoms with E-state index < -0.39 is 0 Å². The first-order valence-electron chi connectivity index (χ1n) is 8.70. The topological polar surface area (TPSA) is 81.7 Å². The maximum absolute atomic E-state index is 12.8. The summed E-state index contributed by atoms with van der Waals surface area (Å²) >= 11 is 0. The van der Waals surface area contributed by atoms with Crippen LogP contribution in [0.4, 0.5) is 0 Å². The van der Waals surface area contributed by atoms with E-state index in [1.807, 2.05) is 42.5 Å². The molecule has 7 heteroatoms. The number of hydrogen-bond donors (Lipinski definition) is 1. The number of oxazole rings is 1. The Morgan fingerprint density at radius 2 is 2.07 bits per heavy atom. The van der Waals surface area contributed by atoms with Gasteiger partial charge in [-0.3, -0.25) is 4.79 Å². The summed E-state index contributed by atoms with van der Waals surface area (Å²) in [5, 5.41) is 7.10. The largest absolute Gasteiger partial charge is 0.493 e. The quantitative estimate of drug-likeness (QED) is 0.605. The summed E-state index contributed by atoms with van der Waals surface area (Å²) in [7, 11) is 0. The van der Waals surface area contributed by atoms with Crippen molar-refractivity contribution in [1.29, 1.82) is 0 Å². The second-order valence-corrected chi connectivity index (χ2v) is 6.32. The number of fused-ring (bicyclic) bond motifs is 2. The molecule has 0 unspecified atom stereocenters. The number of carbonyl (C=O) groups excluding carboxylic acids is 1. The molecular formula is C20H16N4O3. The summed E-state index contributed by atoms with van der Waals surface area (Å²) in [6.45, 7) is 1.11. The summed E-state index contributed by atoms with van der Waals surface area (Å²) < 4.78 is 12.7. The number of nitrogens with one attached hydrogen (secondary N) is 1. The fraction of sp³-hybridized carbons (Fsp3) is 0.150. The molecule has 0 fully saturated rings. The fourth-order valence-electron chi connectivity index (χ4n) is 3.31. The highest BCUT2D eigenvalue weighted by Crippen LogP contribution is 2.27. The second-order valence-electron chi connectivity index (χ2n) is 6.32. The number of nitrogens with zero attached hydrogens (tertiary/aromatic N) is 3. The molecule has 0 bridgehead atoms. The van der Waals surface area contributed by atoms with Crippen LogP contribution in [0, 0.1) is 0 Å². The predicted octanol–water partition coefficient (Wildman–Crippen LogP) is 2.85. The van der Waals surface area contributed by atoms with Crippen molar-refractivity contribution < 1.29 is 13.9 Å². The molecule has 0 saturated heterocycles. The van der Waals surface area contributed by atoms with Crippen molar-refractivity contribution in [2.24, 2.45) is 0 Å². The first-order chi connectivity index (χ1) is 13.3. The van der Waals surface area contributed by atoms with E-state index in [0.717, 1.165) is 23.3 Å². The fourth-order valence-corrected chi connectivity index (χ4v) is 3.31. The van der Waals surface area contributed by atoms with Crippen LogP contribution >= 0.6 is 0 Å². The molecule has 1 amide bonds. The molecule has 27 heavy (non-hydrogen) atoms. The van der Waals surface area contributed by atoms with E-state index in [4.69, 9.17) is 9.15 Å². The van der Waals surface area contributed by atoms with Gasteiger partial charge in [0.2, 0.25) is 5.76 Å². The van der Waals surface area contributed by atoms with Crippen LogP contribution in [0.1, 0.15) is 21.7 Å². The Morgan fingerprint density at radius 3 is 2.96 bits per heavy atom. The van der Waals surface area contributed by atoms with Crippen LogP contribution in [-0.4, -0.2) is 27.1 Å². The van der Waals surface area contributed by atoms with Crippen molar-refractivity contribution in [1.82, 2.24) is 19.9 Å². The summed E-state index contributed by atoms with van der Waals surface area (Å²) in [4.78, 5) is 16.9. The van der Waals surface area contributed by atoms with Gasteiger partial charge in [0.15, 0.2) is 0 Å². The van der Waals surface area contributed by atoms with E-state index in [2.05, 4.69) is 21.5 Å². The maximum atomic E-state index is 12.8. The van der Waals surface area contributed by atoms with Crippen LogP contribution in [0.2, 0.25) is 0 Å². The molecule has 2 aromatic heterocycles. The van der Waals surface area contributed by atoms with E-state index in [9.17, 15) is 4.79 Å². The molecule has 7 nitrogen and oxygen atoms in total. The predicted molar refractivity (Wildman–Crippen MR) is 97.5 cm³/mol. The minimum absolute atomic E-state index is 0.196. The minimum Gasteiger partial charge on any atom is -0.493 e. The average molecular weight is 360 g/mol. The lowest BCUT2D eigenvalue weighted by Gasteiger charge is -2.07. The summed E-state index contributed by atoms with van der Waals surface area (Å²) in [5.41, 5.74) is 3.61. The second kappa shape index (κ2) is 6.28. The number of ether oxygens (including phenoxy) is 1. The van der Waals surface area contributed by atoms with Gasteiger partial charge in [0, 0.05) is 18.5 Å². The molecule has 1 aliphatic heterocycles. The molecule has 1 N–H and O–H groups in total. The molecule has 0 spiro atoms. The van der Waals surface area contributed by atoms with Crippen molar-refractivity contribution in [3.05, 3.63) is 71.7 Å². The Labute approximate surface area is 154 Å². The molecular weight excluding hydrogens is 344 g/mol. The SMILES string of the molecule is O=C(NCc1ccc2c(c1)CCO2)c1oc2ncnn2c1-c1ccccc1. The number of hydrogen-bond acceptors (Lipinski definition) is 5. The first-order valence-corrected chi connectivity index (χ1v) is 8.70. The molecule has 0 saturated carbocycles. The Balaban J connectivity index is 1.43. The lowest BCUT2D eigenvalue weighted by molar-refractivity contribution is 0.0926. The zero-order valence-electron chi connectivity index (χ0n) is 14.4. The van der Waals surface area contributed by atoms with Crippen LogP contribution in [0.3, 0.4) is 0 Å². The molecule has 0 atom stereocenters. The maximum Gasteiger partial charge on any atom is 0.325 e. The van der Waals surface area contributed by atoms with Gasteiger partial charge in [-0.15, -0.1) is 0 Å². The monoisotopic (exact) mass is 360 g/mol. The lowest BCUT2D eigenvalue weighted by Crippen LogP contribution is -2.23. The van der Waals surface area contributed by atoms with Crippen molar-refractivity contribution in [3.63, 3.8) is 0 Å². The van der Waals surface area contributed by atoms with Crippen LogP contribution < -0.4 is 10.1 Å². The summed E-state index contributed by atoms with van der Waals surface area (Å²) in [6, 6.07) is 15.5. The van der Waals surface area contributed by atoms with Gasteiger partial charge in [-0.05, 0) is 17.2 Å². The van der Waals surface area contributed by atoms with Crippen LogP contribution in [0.25, 0.3) is 17.1 Å². The van der Waals surface area contributed by atoms with Crippen LogP contribution in [0.15, 0.2) is 59.3 Å². The van der Waals surface area contributed by atoms with Crippen molar-refractivity contribution >= 4 is 11.8 Å².